The number of rotatable bonds is 1. The van der Waals surface area contributed by atoms with Gasteiger partial charge in [-0.2, -0.15) is 0 Å². The molecule has 86 valence electrons. The third-order valence-corrected chi connectivity index (χ3v) is 2.78. The topological polar surface area (TPSA) is 70.1 Å². The average Bonchev–Trinajstić information content (AvgIpc) is 2.64. The summed E-state index contributed by atoms with van der Waals surface area (Å²) in [6.45, 7) is 0. The highest BCUT2D eigenvalue weighted by atomic mass is 19.1. The fourth-order valence-corrected chi connectivity index (χ4v) is 1.83. The van der Waals surface area contributed by atoms with E-state index in [4.69, 9.17) is 5.73 Å². The highest BCUT2D eigenvalue weighted by Gasteiger charge is 2.34. The number of halogens is 1. The zero-order chi connectivity index (χ0) is 11.9. The first-order valence-corrected chi connectivity index (χ1v) is 4.79. The summed E-state index contributed by atoms with van der Waals surface area (Å²) in [6.07, 6.45) is 1.81. The Kier molecular flexibility index (Phi) is 2.41. The van der Waals surface area contributed by atoms with Crippen molar-refractivity contribution in [3.8, 4) is 0 Å². The Morgan fingerprint density at radius 1 is 1.75 bits per heavy atom. The van der Waals surface area contributed by atoms with E-state index < -0.39 is 17.7 Å². The van der Waals surface area contributed by atoms with Crippen molar-refractivity contribution in [2.24, 2.45) is 18.7 Å². The third-order valence-electron chi connectivity index (χ3n) is 2.78. The molecule has 0 fully saturated rings. The Bertz CT molecular complexity index is 478. The Morgan fingerprint density at radius 2 is 2.44 bits per heavy atom. The molecule has 2 N–H and O–H groups in total. The Balaban J connectivity index is 2.49. The van der Waals surface area contributed by atoms with Gasteiger partial charge in [0.25, 0.3) is 0 Å². The van der Waals surface area contributed by atoms with Crippen LogP contribution in [-0.2, 0) is 23.0 Å². The summed E-state index contributed by atoms with van der Waals surface area (Å²) in [5.41, 5.74) is 6.36. The predicted octanol–water partition coefficient (Wildman–Crippen LogP) is 0.362. The lowest BCUT2D eigenvalue weighted by Gasteiger charge is -2.20. The zero-order valence-electron chi connectivity index (χ0n) is 9.03. The fraction of sp³-hybridized carbons (Fsp3) is 0.400. The summed E-state index contributed by atoms with van der Waals surface area (Å²) < 4.78 is 20.1. The molecule has 0 saturated carbocycles. The molecule has 0 saturated heterocycles. The van der Waals surface area contributed by atoms with Crippen molar-refractivity contribution in [3.05, 3.63) is 23.4 Å². The molecule has 0 amide bonds. The van der Waals surface area contributed by atoms with Crippen LogP contribution in [0, 0.1) is 5.92 Å². The van der Waals surface area contributed by atoms with Crippen molar-refractivity contribution >= 4 is 11.8 Å². The van der Waals surface area contributed by atoms with Crippen molar-refractivity contribution in [3.63, 3.8) is 0 Å². The van der Waals surface area contributed by atoms with Crippen molar-refractivity contribution in [1.82, 2.24) is 9.55 Å². The molecular weight excluding hydrogens is 213 g/mol. The molecule has 1 aromatic rings. The van der Waals surface area contributed by atoms with Gasteiger partial charge in [0.2, 0.25) is 0 Å². The van der Waals surface area contributed by atoms with Gasteiger partial charge in [0.1, 0.15) is 11.6 Å². The standard InChI is InChI=1S/C10H12FN3O2/c1-14-4-13-9-6(14)3-5(10(15)16-2)8(12)7(9)11/h4-5H,3,12H2,1-2H3. The smallest absolute Gasteiger partial charge is 0.315 e. The number of imidazole rings is 1. The zero-order valence-corrected chi connectivity index (χ0v) is 9.03. The van der Waals surface area contributed by atoms with Crippen molar-refractivity contribution in [1.29, 1.82) is 0 Å². The van der Waals surface area contributed by atoms with E-state index in [1.54, 1.807) is 11.6 Å². The molecular formula is C10H12FN3O2. The second-order valence-corrected chi connectivity index (χ2v) is 3.70. The molecule has 16 heavy (non-hydrogen) atoms. The number of esters is 1. The first-order valence-electron chi connectivity index (χ1n) is 4.79. The van der Waals surface area contributed by atoms with Crippen LogP contribution in [0.2, 0.25) is 0 Å². The molecule has 1 atom stereocenters. The van der Waals surface area contributed by atoms with Gasteiger partial charge in [-0.25, -0.2) is 9.37 Å². The molecule has 1 aliphatic carbocycles. The number of nitrogens with two attached hydrogens (primary N) is 1. The van der Waals surface area contributed by atoms with E-state index in [-0.39, 0.29) is 11.4 Å². The van der Waals surface area contributed by atoms with Crippen LogP contribution in [0.15, 0.2) is 12.0 Å². The van der Waals surface area contributed by atoms with Crippen molar-refractivity contribution in [2.45, 2.75) is 6.42 Å². The number of carbonyl (C=O) groups is 1. The number of fused-ring (bicyclic) bond motifs is 1. The summed E-state index contributed by atoms with van der Waals surface area (Å²) in [5, 5.41) is 0. The van der Waals surface area contributed by atoms with Gasteiger partial charge in [-0.1, -0.05) is 0 Å². The van der Waals surface area contributed by atoms with Gasteiger partial charge in [0.05, 0.1) is 19.1 Å². The maximum Gasteiger partial charge on any atom is 0.315 e. The molecule has 0 aliphatic heterocycles. The fourth-order valence-electron chi connectivity index (χ4n) is 1.83. The normalized spacial score (nSPS) is 19.6. The predicted molar refractivity (Wildman–Crippen MR) is 54.6 cm³/mol. The van der Waals surface area contributed by atoms with Gasteiger partial charge in [-0.05, 0) is 0 Å². The summed E-state index contributed by atoms with van der Waals surface area (Å²) in [6, 6.07) is 0. The molecule has 1 aliphatic rings. The van der Waals surface area contributed by atoms with Crippen LogP contribution in [0.25, 0.3) is 5.83 Å². The minimum atomic E-state index is -0.757. The number of methoxy groups -OCH3 is 1. The SMILES string of the molecule is COC(=O)C1Cc2c(ncn2C)C(F)=C1N. The van der Waals surface area contributed by atoms with Crippen LogP contribution < -0.4 is 5.73 Å². The second kappa shape index (κ2) is 3.62. The largest absolute Gasteiger partial charge is 0.468 e. The summed E-state index contributed by atoms with van der Waals surface area (Å²) in [7, 11) is 3.00. The minimum absolute atomic E-state index is 0.0990. The minimum Gasteiger partial charge on any atom is -0.468 e. The Hall–Kier alpha value is -1.85. The van der Waals surface area contributed by atoms with Crippen molar-refractivity contribution in [2.75, 3.05) is 7.11 Å². The molecule has 0 aromatic carbocycles. The third kappa shape index (κ3) is 1.37. The average molecular weight is 225 g/mol. The van der Waals surface area contributed by atoms with E-state index in [9.17, 15) is 9.18 Å². The van der Waals surface area contributed by atoms with E-state index >= 15 is 0 Å². The van der Waals surface area contributed by atoms with Gasteiger partial charge in [0, 0.05) is 19.2 Å². The first kappa shape index (κ1) is 10.7. The van der Waals surface area contributed by atoms with Crippen LogP contribution >= 0.6 is 0 Å². The highest BCUT2D eigenvalue weighted by Crippen LogP contribution is 2.32. The summed E-state index contributed by atoms with van der Waals surface area (Å²) in [4.78, 5) is 15.3. The van der Waals surface area contributed by atoms with Gasteiger partial charge in [-0.3, -0.25) is 4.79 Å². The molecule has 1 unspecified atom stereocenters. The number of hydrogen-bond donors (Lipinski definition) is 1. The maximum atomic E-state index is 13.8. The van der Waals surface area contributed by atoms with Crippen LogP contribution in [0.1, 0.15) is 11.4 Å². The molecule has 0 spiro atoms. The van der Waals surface area contributed by atoms with Gasteiger partial charge in [0.15, 0.2) is 5.83 Å². The van der Waals surface area contributed by atoms with Gasteiger partial charge >= 0.3 is 5.97 Å². The van der Waals surface area contributed by atoms with Crippen LogP contribution in [0.4, 0.5) is 4.39 Å². The number of aromatic nitrogens is 2. The van der Waals surface area contributed by atoms with E-state index in [1.165, 1.54) is 13.4 Å². The van der Waals surface area contributed by atoms with E-state index in [2.05, 4.69) is 9.72 Å². The molecule has 2 rings (SSSR count). The van der Waals surface area contributed by atoms with Crippen molar-refractivity contribution < 1.29 is 13.9 Å². The summed E-state index contributed by atoms with van der Waals surface area (Å²) in [5.74, 6) is -1.91. The molecule has 1 aromatic heterocycles. The molecule has 1 heterocycles. The lowest BCUT2D eigenvalue weighted by atomic mass is 9.92. The first-order chi connectivity index (χ1) is 7.56. The lowest BCUT2D eigenvalue weighted by Crippen LogP contribution is -2.29. The highest BCUT2D eigenvalue weighted by molar-refractivity contribution is 5.81. The number of aryl methyl sites for hydroxylation is 1. The number of ether oxygens (including phenoxy) is 1. The Labute approximate surface area is 91.7 Å². The van der Waals surface area contributed by atoms with Crippen LogP contribution in [-0.4, -0.2) is 22.6 Å². The Morgan fingerprint density at radius 3 is 3.06 bits per heavy atom. The number of hydrogen-bond acceptors (Lipinski definition) is 4. The molecule has 5 nitrogen and oxygen atoms in total. The maximum absolute atomic E-state index is 13.8. The molecule has 6 heteroatoms. The monoisotopic (exact) mass is 225 g/mol. The van der Waals surface area contributed by atoms with Gasteiger partial charge in [-0.15, -0.1) is 0 Å². The van der Waals surface area contributed by atoms with Crippen LogP contribution in [0.3, 0.4) is 0 Å². The van der Waals surface area contributed by atoms with E-state index in [1.807, 2.05) is 0 Å². The second-order valence-electron chi connectivity index (χ2n) is 3.70. The molecule has 0 radical (unpaired) electrons. The van der Waals surface area contributed by atoms with Crippen LogP contribution in [0.5, 0.6) is 0 Å². The lowest BCUT2D eigenvalue weighted by molar-refractivity contribution is -0.144. The summed E-state index contributed by atoms with van der Waals surface area (Å²) >= 11 is 0. The molecule has 0 bridgehead atoms. The number of carbonyl (C=O) groups excluding carboxylic acids is 1. The number of nitrogens with zero attached hydrogens (tertiary/aromatic N) is 2. The van der Waals surface area contributed by atoms with E-state index in [0.29, 0.717) is 12.1 Å². The van der Waals surface area contributed by atoms with Gasteiger partial charge < -0.3 is 15.0 Å². The quantitative estimate of drug-likeness (QED) is 0.701. The van der Waals surface area contributed by atoms with E-state index in [0.717, 1.165) is 0 Å².